The average Bonchev–Trinajstić information content (AvgIpc) is 3.82. The van der Waals surface area contributed by atoms with E-state index in [1.807, 2.05) is 126 Å². The number of hydrogen-bond acceptors (Lipinski definition) is 6. The van der Waals surface area contributed by atoms with Crippen LogP contribution >= 0.6 is 15.9 Å². The molecule has 310 valence electrons. The number of ether oxygens (including phenoxy) is 2. The molecule has 1 fully saturated rings. The SMILES string of the molecule is COc1ccc([Si](C)(C)[C@@H]2[C@@H](CC(=O)N(CCO)Cc3ccccc3)O[C@]3(C(=O)N(Cc4ccc(N5C(=O)c6cccc7cccc5c67)cc4)c4ccc(Br)cc43)[C@H]2C)cc1. The Morgan fingerprint density at radius 3 is 2.30 bits per heavy atom. The van der Waals surface area contributed by atoms with Gasteiger partial charge < -0.3 is 24.4 Å². The monoisotopic (exact) mass is 893 g/mol. The highest BCUT2D eigenvalue weighted by atomic mass is 79.9. The number of nitrogens with zero attached hydrogens (tertiary/aromatic N) is 3. The molecule has 3 aliphatic heterocycles. The summed E-state index contributed by atoms with van der Waals surface area (Å²) in [4.78, 5) is 48.9. The van der Waals surface area contributed by atoms with Crippen molar-refractivity contribution in [3.05, 3.63) is 160 Å². The Balaban J connectivity index is 1.06. The molecule has 6 aromatic rings. The van der Waals surface area contributed by atoms with Crippen LogP contribution in [0.4, 0.5) is 17.1 Å². The number of aliphatic hydroxyl groups is 1. The molecule has 61 heavy (non-hydrogen) atoms. The zero-order valence-electron chi connectivity index (χ0n) is 34.7. The Bertz CT molecular complexity index is 2650. The minimum absolute atomic E-state index is 0.0566. The highest BCUT2D eigenvalue weighted by Crippen LogP contribution is 2.60. The number of benzene rings is 6. The van der Waals surface area contributed by atoms with Gasteiger partial charge in [-0.2, -0.15) is 0 Å². The Morgan fingerprint density at radius 2 is 1.59 bits per heavy atom. The molecule has 0 aliphatic carbocycles. The molecule has 9 nitrogen and oxygen atoms in total. The zero-order valence-corrected chi connectivity index (χ0v) is 37.3. The fourth-order valence-corrected chi connectivity index (χ4v) is 14.6. The third kappa shape index (κ3) is 6.88. The average molecular weight is 895 g/mol. The lowest BCUT2D eigenvalue weighted by Gasteiger charge is -2.37. The molecule has 3 heterocycles. The predicted molar refractivity (Wildman–Crippen MR) is 245 cm³/mol. The van der Waals surface area contributed by atoms with E-state index in [9.17, 15) is 14.7 Å². The zero-order chi connectivity index (χ0) is 42.6. The summed E-state index contributed by atoms with van der Waals surface area (Å²) in [6.45, 7) is 7.37. The van der Waals surface area contributed by atoms with Gasteiger partial charge in [-0.3, -0.25) is 19.3 Å². The van der Waals surface area contributed by atoms with Crippen LogP contribution in [-0.2, 0) is 33.0 Å². The predicted octanol–water partition coefficient (Wildman–Crippen LogP) is 9.08. The van der Waals surface area contributed by atoms with Gasteiger partial charge in [0.05, 0.1) is 57.8 Å². The van der Waals surface area contributed by atoms with E-state index >= 15 is 4.79 Å². The van der Waals surface area contributed by atoms with Gasteiger partial charge in [0.25, 0.3) is 11.8 Å². The Hall–Kier alpha value is -5.59. The van der Waals surface area contributed by atoms with Gasteiger partial charge in [-0.25, -0.2) is 0 Å². The molecule has 0 aromatic heterocycles. The van der Waals surface area contributed by atoms with Gasteiger partial charge >= 0.3 is 0 Å². The summed E-state index contributed by atoms with van der Waals surface area (Å²) < 4.78 is 13.6. The Kier molecular flexibility index (Phi) is 10.7. The fourth-order valence-electron chi connectivity index (χ4n) is 10.3. The first kappa shape index (κ1) is 40.8. The number of aliphatic hydroxyl groups excluding tert-OH is 1. The third-order valence-electron chi connectivity index (χ3n) is 13.2. The number of halogens is 1. The summed E-state index contributed by atoms with van der Waals surface area (Å²) in [7, 11) is -0.886. The van der Waals surface area contributed by atoms with Crippen molar-refractivity contribution in [2.24, 2.45) is 5.92 Å². The molecule has 0 radical (unpaired) electrons. The van der Waals surface area contributed by atoms with Crippen LogP contribution < -0.4 is 19.7 Å². The summed E-state index contributed by atoms with van der Waals surface area (Å²) >= 11 is 3.71. The maximum Gasteiger partial charge on any atom is 0.264 e. The van der Waals surface area contributed by atoms with Crippen molar-refractivity contribution in [2.75, 3.05) is 30.1 Å². The van der Waals surface area contributed by atoms with Gasteiger partial charge in [-0.15, -0.1) is 0 Å². The smallest absolute Gasteiger partial charge is 0.264 e. The van der Waals surface area contributed by atoms with Crippen LogP contribution in [0, 0.1) is 5.92 Å². The standard InChI is InChI=1S/C50H48BrN3O6Si/c1-32-47(61(3,4)39-23-21-38(59-2)22-24-39)44(29-45(56)52(26-27-55)30-33-10-6-5-7-11-33)60-50(32)41-28-36(51)18-25-42(41)53(49(50)58)31-34-16-19-37(20-17-34)54-43-15-9-13-35-12-8-14-40(46(35)43)48(54)57/h5-25,28,32,44,47,55H,26-27,29-31H2,1-4H3/t32-,44+,47-,50+/m0/s1. The van der Waals surface area contributed by atoms with Gasteiger partial charge in [0, 0.05) is 40.1 Å². The van der Waals surface area contributed by atoms with Crippen molar-refractivity contribution in [1.29, 1.82) is 0 Å². The molecule has 6 aromatic carbocycles. The van der Waals surface area contributed by atoms with E-state index in [1.165, 1.54) is 5.19 Å². The first-order valence-electron chi connectivity index (χ1n) is 20.8. The van der Waals surface area contributed by atoms with E-state index in [0.717, 1.165) is 54.7 Å². The molecule has 0 bridgehead atoms. The first-order chi connectivity index (χ1) is 29.5. The van der Waals surface area contributed by atoms with Crippen molar-refractivity contribution in [3.8, 4) is 5.75 Å². The Labute approximate surface area is 365 Å². The topological polar surface area (TPSA) is 99.6 Å². The van der Waals surface area contributed by atoms with Crippen LogP contribution in [0.15, 0.2) is 138 Å². The molecule has 1 saturated heterocycles. The number of amides is 3. The number of fused-ring (bicyclic) bond motifs is 2. The number of anilines is 3. The number of hydrogen-bond donors (Lipinski definition) is 1. The van der Waals surface area contributed by atoms with E-state index in [-0.39, 0.29) is 55.3 Å². The van der Waals surface area contributed by atoms with Gasteiger partial charge in [0.2, 0.25) is 5.91 Å². The van der Waals surface area contributed by atoms with Crippen LogP contribution in [0.25, 0.3) is 10.8 Å². The molecule has 1 spiro atoms. The maximum atomic E-state index is 15.5. The number of carbonyl (C=O) groups excluding carboxylic acids is 3. The third-order valence-corrected chi connectivity index (χ3v) is 18.1. The maximum absolute atomic E-state index is 15.5. The van der Waals surface area contributed by atoms with Crippen molar-refractivity contribution in [2.45, 2.75) is 56.8 Å². The van der Waals surface area contributed by atoms with Crippen molar-refractivity contribution in [1.82, 2.24) is 4.90 Å². The summed E-state index contributed by atoms with van der Waals surface area (Å²) in [6, 6.07) is 43.5. The van der Waals surface area contributed by atoms with Crippen molar-refractivity contribution >= 4 is 74.7 Å². The minimum Gasteiger partial charge on any atom is -0.497 e. The molecule has 0 unspecified atom stereocenters. The number of rotatable bonds is 12. The highest BCUT2D eigenvalue weighted by Gasteiger charge is 2.66. The molecule has 4 atom stereocenters. The lowest BCUT2D eigenvalue weighted by molar-refractivity contribution is -0.150. The fraction of sp³-hybridized carbons (Fsp3) is 0.260. The molecule has 1 N–H and O–H groups in total. The van der Waals surface area contributed by atoms with Crippen LogP contribution in [0.3, 0.4) is 0 Å². The molecular weight excluding hydrogens is 847 g/mol. The van der Waals surface area contributed by atoms with E-state index in [2.05, 4.69) is 48.1 Å². The molecule has 11 heteroatoms. The van der Waals surface area contributed by atoms with Crippen LogP contribution in [0.1, 0.15) is 40.4 Å². The number of carbonyl (C=O) groups is 3. The molecule has 3 amide bonds. The molecule has 0 saturated carbocycles. The van der Waals surface area contributed by atoms with Gasteiger partial charge in [0.1, 0.15) is 5.75 Å². The highest BCUT2D eigenvalue weighted by molar-refractivity contribution is 9.10. The second kappa shape index (κ2) is 16.0. The van der Waals surface area contributed by atoms with Crippen molar-refractivity contribution < 1.29 is 29.0 Å². The molecule has 9 rings (SSSR count). The van der Waals surface area contributed by atoms with Gasteiger partial charge in [0.15, 0.2) is 5.60 Å². The molecular formula is C50H48BrN3O6Si. The van der Waals surface area contributed by atoms with E-state index in [1.54, 1.807) is 16.9 Å². The normalized spacial score (nSPS) is 20.5. The summed E-state index contributed by atoms with van der Waals surface area (Å²) in [5.74, 6) is 0.0876. The van der Waals surface area contributed by atoms with Crippen LogP contribution in [0.2, 0.25) is 18.6 Å². The summed E-state index contributed by atoms with van der Waals surface area (Å²) in [6.07, 6.45) is -0.536. The van der Waals surface area contributed by atoms with Gasteiger partial charge in [-0.05, 0) is 76.7 Å². The number of methoxy groups -OCH3 is 1. The van der Waals surface area contributed by atoms with Crippen LogP contribution in [0.5, 0.6) is 5.75 Å². The van der Waals surface area contributed by atoms with Crippen LogP contribution in [-0.4, -0.2) is 62.2 Å². The van der Waals surface area contributed by atoms with E-state index < -0.39 is 19.8 Å². The molecule has 3 aliphatic rings. The van der Waals surface area contributed by atoms with E-state index in [0.29, 0.717) is 12.1 Å². The van der Waals surface area contributed by atoms with Gasteiger partial charge in [-0.1, -0.05) is 120 Å². The summed E-state index contributed by atoms with van der Waals surface area (Å²) in [5.41, 5.74) is 4.19. The largest absolute Gasteiger partial charge is 0.497 e. The lowest BCUT2D eigenvalue weighted by atomic mass is 9.82. The summed E-state index contributed by atoms with van der Waals surface area (Å²) in [5, 5.41) is 13.2. The lowest BCUT2D eigenvalue weighted by Crippen LogP contribution is -2.52. The second-order valence-electron chi connectivity index (χ2n) is 16.9. The van der Waals surface area contributed by atoms with E-state index in [4.69, 9.17) is 9.47 Å². The Morgan fingerprint density at radius 1 is 0.869 bits per heavy atom. The minimum atomic E-state index is -2.54. The quantitative estimate of drug-likeness (QED) is 0.123. The second-order valence-corrected chi connectivity index (χ2v) is 22.5. The van der Waals surface area contributed by atoms with Crippen molar-refractivity contribution in [3.63, 3.8) is 0 Å². The first-order valence-corrected chi connectivity index (χ1v) is 24.7.